The van der Waals surface area contributed by atoms with Gasteiger partial charge in [0.2, 0.25) is 0 Å². The fraction of sp³-hybridized carbons (Fsp3) is 0.214. The van der Waals surface area contributed by atoms with E-state index < -0.39 is 11.5 Å². The summed E-state index contributed by atoms with van der Waals surface area (Å²) >= 11 is 0. The molecule has 1 aromatic heterocycles. The third-order valence-electron chi connectivity index (χ3n) is 2.89. The monoisotopic (exact) mass is 290 g/mol. The fourth-order valence-electron chi connectivity index (χ4n) is 1.81. The lowest BCUT2D eigenvalue weighted by Gasteiger charge is -2.09. The van der Waals surface area contributed by atoms with Crippen LogP contribution in [0.5, 0.6) is 11.5 Å². The number of carbonyl (C=O) groups is 1. The molecule has 1 N–H and O–H groups in total. The van der Waals surface area contributed by atoms with E-state index in [1.807, 2.05) is 0 Å². The Morgan fingerprint density at radius 3 is 2.43 bits per heavy atom. The summed E-state index contributed by atoms with van der Waals surface area (Å²) in [5.74, 6) is 0.363. The number of methoxy groups -OCH3 is 3. The van der Waals surface area contributed by atoms with Crippen LogP contribution in [-0.4, -0.2) is 37.5 Å². The van der Waals surface area contributed by atoms with Gasteiger partial charge in [-0.05, 0) is 24.3 Å². The van der Waals surface area contributed by atoms with Crippen LogP contribution < -0.4 is 15.0 Å². The van der Waals surface area contributed by atoms with E-state index in [2.05, 4.69) is 14.9 Å². The van der Waals surface area contributed by atoms with Crippen LogP contribution in [0.1, 0.15) is 10.4 Å². The lowest BCUT2D eigenvalue weighted by Crippen LogP contribution is -2.20. The van der Waals surface area contributed by atoms with Gasteiger partial charge in [0, 0.05) is 5.56 Å². The quantitative estimate of drug-likeness (QED) is 0.852. The molecule has 1 heterocycles. The van der Waals surface area contributed by atoms with Crippen LogP contribution in [0.2, 0.25) is 0 Å². The van der Waals surface area contributed by atoms with Crippen LogP contribution in [0.4, 0.5) is 0 Å². The number of aromatic nitrogens is 2. The minimum Gasteiger partial charge on any atom is -0.493 e. The highest BCUT2D eigenvalue weighted by Gasteiger charge is 2.14. The first-order valence-corrected chi connectivity index (χ1v) is 6.01. The molecule has 0 amide bonds. The van der Waals surface area contributed by atoms with Gasteiger partial charge in [0.25, 0.3) is 5.56 Å². The number of esters is 1. The number of hydrogen-bond acceptors (Lipinski definition) is 6. The molecule has 21 heavy (non-hydrogen) atoms. The Hall–Kier alpha value is -2.83. The van der Waals surface area contributed by atoms with E-state index in [9.17, 15) is 9.59 Å². The highest BCUT2D eigenvalue weighted by Crippen LogP contribution is 2.31. The van der Waals surface area contributed by atoms with Crippen molar-refractivity contribution in [2.75, 3.05) is 21.3 Å². The third kappa shape index (κ3) is 2.86. The topological polar surface area (TPSA) is 90.5 Å². The van der Waals surface area contributed by atoms with E-state index in [4.69, 9.17) is 9.47 Å². The van der Waals surface area contributed by atoms with Crippen molar-refractivity contribution in [2.24, 2.45) is 0 Å². The average molecular weight is 290 g/mol. The van der Waals surface area contributed by atoms with Gasteiger partial charge in [-0.25, -0.2) is 9.89 Å². The molecule has 1 aromatic carbocycles. The lowest BCUT2D eigenvalue weighted by atomic mass is 10.1. The van der Waals surface area contributed by atoms with Gasteiger partial charge in [0.15, 0.2) is 11.5 Å². The van der Waals surface area contributed by atoms with Gasteiger partial charge in [-0.3, -0.25) is 4.79 Å². The molecule has 0 fully saturated rings. The summed E-state index contributed by atoms with van der Waals surface area (Å²) < 4.78 is 14.9. The van der Waals surface area contributed by atoms with E-state index in [0.717, 1.165) is 0 Å². The van der Waals surface area contributed by atoms with Gasteiger partial charge < -0.3 is 14.2 Å². The third-order valence-corrected chi connectivity index (χ3v) is 2.89. The molecule has 0 saturated heterocycles. The minimum absolute atomic E-state index is 0.114. The summed E-state index contributed by atoms with van der Waals surface area (Å²) in [6, 6.07) is 6.51. The van der Waals surface area contributed by atoms with E-state index in [1.54, 1.807) is 18.2 Å². The Morgan fingerprint density at radius 2 is 1.81 bits per heavy atom. The zero-order valence-electron chi connectivity index (χ0n) is 11.8. The second kappa shape index (κ2) is 6.08. The number of aromatic amines is 1. The maximum atomic E-state index is 11.6. The predicted octanol–water partition coefficient (Wildman–Crippen LogP) is 1.24. The van der Waals surface area contributed by atoms with Crippen molar-refractivity contribution >= 4 is 5.97 Å². The summed E-state index contributed by atoms with van der Waals surface area (Å²) in [5.41, 5.74) is 0.355. The van der Waals surface area contributed by atoms with Crippen LogP contribution in [0.15, 0.2) is 29.1 Å². The van der Waals surface area contributed by atoms with Gasteiger partial charge in [0.1, 0.15) is 5.56 Å². The number of nitrogens with zero attached hydrogens (tertiary/aromatic N) is 1. The van der Waals surface area contributed by atoms with Gasteiger partial charge >= 0.3 is 5.97 Å². The lowest BCUT2D eigenvalue weighted by molar-refractivity contribution is 0.0598. The Labute approximate surface area is 120 Å². The van der Waals surface area contributed by atoms with E-state index in [-0.39, 0.29) is 5.56 Å². The fourth-order valence-corrected chi connectivity index (χ4v) is 1.81. The Kier molecular flexibility index (Phi) is 4.22. The molecule has 0 aliphatic carbocycles. The number of nitrogens with one attached hydrogen (secondary N) is 1. The van der Waals surface area contributed by atoms with Gasteiger partial charge in [0.05, 0.1) is 27.0 Å². The van der Waals surface area contributed by atoms with E-state index in [1.165, 1.54) is 27.4 Å². The average Bonchev–Trinajstić information content (AvgIpc) is 2.53. The van der Waals surface area contributed by atoms with E-state index in [0.29, 0.717) is 22.8 Å². The van der Waals surface area contributed by atoms with Crippen molar-refractivity contribution < 1.29 is 19.0 Å². The largest absolute Gasteiger partial charge is 0.493 e. The smallest absolute Gasteiger partial charge is 0.343 e. The molecule has 0 radical (unpaired) electrons. The van der Waals surface area contributed by atoms with Crippen molar-refractivity contribution in [2.45, 2.75) is 0 Å². The van der Waals surface area contributed by atoms with E-state index >= 15 is 0 Å². The summed E-state index contributed by atoms with van der Waals surface area (Å²) in [4.78, 5) is 23.1. The van der Waals surface area contributed by atoms with Crippen LogP contribution in [0.25, 0.3) is 11.3 Å². The zero-order chi connectivity index (χ0) is 15.4. The Bertz CT molecular complexity index is 724. The summed E-state index contributed by atoms with van der Waals surface area (Å²) in [6.45, 7) is 0. The van der Waals surface area contributed by atoms with Crippen molar-refractivity contribution in [3.05, 3.63) is 40.2 Å². The first-order chi connectivity index (χ1) is 10.1. The predicted molar refractivity (Wildman–Crippen MR) is 74.7 cm³/mol. The molecule has 0 atom stereocenters. The Morgan fingerprint density at radius 1 is 1.10 bits per heavy atom. The van der Waals surface area contributed by atoms with Crippen molar-refractivity contribution in [3.63, 3.8) is 0 Å². The maximum absolute atomic E-state index is 11.6. The molecule has 7 heteroatoms. The second-order valence-electron chi connectivity index (χ2n) is 4.06. The minimum atomic E-state index is -0.722. The molecule has 0 unspecified atom stereocenters. The van der Waals surface area contributed by atoms with Crippen LogP contribution in [0.3, 0.4) is 0 Å². The number of carbonyl (C=O) groups excluding carboxylic acids is 1. The molecule has 7 nitrogen and oxygen atoms in total. The normalized spacial score (nSPS) is 10.0. The number of hydrogen-bond donors (Lipinski definition) is 1. The molecule has 0 aliphatic heterocycles. The molecular formula is C14H14N2O5. The zero-order valence-corrected chi connectivity index (χ0v) is 11.8. The standard InChI is InChI=1S/C14H14N2O5/c1-19-11-5-4-8(6-12(11)20-2)10-7-9(14(18)21-3)13(17)16-15-10/h4-7H,1-3H3,(H,16,17). The van der Waals surface area contributed by atoms with Gasteiger partial charge in [-0.2, -0.15) is 5.10 Å². The molecule has 0 aliphatic rings. The van der Waals surface area contributed by atoms with Crippen molar-refractivity contribution in [3.8, 4) is 22.8 Å². The molecule has 0 bridgehead atoms. The van der Waals surface area contributed by atoms with Crippen molar-refractivity contribution in [1.29, 1.82) is 0 Å². The second-order valence-corrected chi connectivity index (χ2v) is 4.06. The maximum Gasteiger partial charge on any atom is 0.343 e. The summed E-state index contributed by atoms with van der Waals surface area (Å²) in [7, 11) is 4.26. The molecule has 0 saturated carbocycles. The highest BCUT2D eigenvalue weighted by atomic mass is 16.5. The first kappa shape index (κ1) is 14.6. The SMILES string of the molecule is COC(=O)c1cc(-c2ccc(OC)c(OC)c2)n[nH]c1=O. The Balaban J connectivity index is 2.52. The number of benzene rings is 1. The van der Waals surface area contributed by atoms with Gasteiger partial charge in [-0.1, -0.05) is 0 Å². The first-order valence-electron chi connectivity index (χ1n) is 6.01. The van der Waals surface area contributed by atoms with Crippen LogP contribution in [-0.2, 0) is 4.74 Å². The van der Waals surface area contributed by atoms with Gasteiger partial charge in [-0.15, -0.1) is 0 Å². The summed E-state index contributed by atoms with van der Waals surface area (Å²) in [5, 5.41) is 6.18. The molecule has 2 aromatic rings. The number of ether oxygens (including phenoxy) is 3. The number of H-pyrrole nitrogens is 1. The molecule has 2 rings (SSSR count). The van der Waals surface area contributed by atoms with Crippen LogP contribution >= 0.6 is 0 Å². The molecule has 0 spiro atoms. The summed E-state index contributed by atoms with van der Waals surface area (Å²) in [6.07, 6.45) is 0. The number of rotatable bonds is 4. The molecular weight excluding hydrogens is 276 g/mol. The molecule has 110 valence electrons. The van der Waals surface area contributed by atoms with Crippen LogP contribution in [0, 0.1) is 0 Å². The highest BCUT2D eigenvalue weighted by molar-refractivity contribution is 5.90. The van der Waals surface area contributed by atoms with Crippen molar-refractivity contribution in [1.82, 2.24) is 10.2 Å².